The molecule has 0 unspecified atom stereocenters. The number of aromatic nitrogens is 2. The summed E-state index contributed by atoms with van der Waals surface area (Å²) in [6, 6.07) is 31.1. The molecule has 0 bridgehead atoms. The molecule has 65 heavy (non-hydrogen) atoms. The minimum Gasteiger partial charge on any atom is -0.488 e. The molecule has 4 aromatic carbocycles. The molecule has 0 amide bonds. The lowest BCUT2D eigenvalue weighted by Crippen LogP contribution is -2.46. The Morgan fingerprint density at radius 1 is 0.846 bits per heavy atom. The number of nitrogens with zero attached hydrogens (tertiary/aromatic N) is 3. The van der Waals surface area contributed by atoms with Crippen molar-refractivity contribution in [2.45, 2.75) is 105 Å². The number of halogens is 1. The maximum Gasteiger partial charge on any atom is 0.339 e. The molecule has 2 atom stereocenters. The van der Waals surface area contributed by atoms with E-state index in [9.17, 15) is 4.79 Å². The second kappa shape index (κ2) is 20.7. The van der Waals surface area contributed by atoms with Gasteiger partial charge in [-0.1, -0.05) is 78.9 Å². The van der Waals surface area contributed by atoms with Crippen molar-refractivity contribution in [3.05, 3.63) is 142 Å². The lowest BCUT2D eigenvalue weighted by Gasteiger charge is -2.42. The van der Waals surface area contributed by atoms with Gasteiger partial charge < -0.3 is 33.3 Å². The fraction of sp³-hybridized carbons (Fsp3) is 0.407. The van der Waals surface area contributed by atoms with Crippen molar-refractivity contribution in [2.24, 2.45) is 0 Å². The first-order chi connectivity index (χ1) is 31.1. The topological polar surface area (TPSA) is 93.0 Å². The number of hydrogen-bond donors (Lipinski definition) is 0. The molecule has 7 rings (SSSR count). The molecule has 2 aromatic heterocycles. The summed E-state index contributed by atoms with van der Waals surface area (Å²) in [6.45, 7) is 19.4. The number of fused-ring (bicyclic) bond motifs is 1. The maximum absolute atomic E-state index is 16.0. The molecule has 1 aliphatic rings. The van der Waals surface area contributed by atoms with Crippen LogP contribution in [0, 0.1) is 26.6 Å². The van der Waals surface area contributed by atoms with E-state index in [-0.39, 0.29) is 17.5 Å². The van der Waals surface area contributed by atoms with Crippen LogP contribution in [0.4, 0.5) is 10.2 Å². The zero-order chi connectivity index (χ0) is 46.3. The fourth-order valence-corrected chi connectivity index (χ4v) is 8.40. The number of benzene rings is 4. The first kappa shape index (κ1) is 47.4. The zero-order valence-electron chi connectivity index (χ0n) is 39.4. The van der Waals surface area contributed by atoms with E-state index in [4.69, 9.17) is 33.4 Å². The van der Waals surface area contributed by atoms with Crippen LogP contribution in [0.2, 0.25) is 0 Å². The van der Waals surface area contributed by atoms with Crippen molar-refractivity contribution in [1.29, 1.82) is 0 Å². The van der Waals surface area contributed by atoms with Crippen LogP contribution < -0.4 is 9.64 Å². The predicted octanol–water partition coefficient (Wildman–Crippen LogP) is 11.3. The van der Waals surface area contributed by atoms with Gasteiger partial charge in [0.05, 0.1) is 62.1 Å². The summed E-state index contributed by atoms with van der Waals surface area (Å²) in [5.74, 6) is 0.440. The highest BCUT2D eigenvalue weighted by molar-refractivity contribution is 5.83. The number of carbonyl (C=O) groups excluding carboxylic acids is 1. The number of rotatable bonds is 18. The number of piperidine rings is 1. The van der Waals surface area contributed by atoms with Gasteiger partial charge in [-0.2, -0.15) is 0 Å². The molecule has 3 heterocycles. The number of anilines is 1. The summed E-state index contributed by atoms with van der Waals surface area (Å²) in [5.41, 5.74) is 7.69. The molecular formula is C54H64FN3O7. The van der Waals surface area contributed by atoms with Crippen molar-refractivity contribution in [2.75, 3.05) is 44.9 Å². The highest BCUT2D eigenvalue weighted by Crippen LogP contribution is 2.42. The number of hydrogen-bond acceptors (Lipinski definition) is 9. The summed E-state index contributed by atoms with van der Waals surface area (Å²) < 4.78 is 54.8. The number of ether oxygens (including phenoxy) is 6. The van der Waals surface area contributed by atoms with Gasteiger partial charge in [0, 0.05) is 30.4 Å². The van der Waals surface area contributed by atoms with Crippen LogP contribution in [0.3, 0.4) is 0 Å². The van der Waals surface area contributed by atoms with Crippen molar-refractivity contribution in [3.8, 4) is 28.1 Å². The molecule has 0 spiro atoms. The monoisotopic (exact) mass is 885 g/mol. The van der Waals surface area contributed by atoms with Crippen LogP contribution in [-0.2, 0) is 41.7 Å². The Balaban J connectivity index is 1.16. The number of aryl methyl sites for hydroxylation is 2. The number of esters is 1. The van der Waals surface area contributed by atoms with Gasteiger partial charge in [-0.15, -0.1) is 0 Å². The molecule has 344 valence electrons. The van der Waals surface area contributed by atoms with E-state index in [1.54, 1.807) is 0 Å². The zero-order valence-corrected chi connectivity index (χ0v) is 39.4. The van der Waals surface area contributed by atoms with Crippen LogP contribution in [-0.4, -0.2) is 72.7 Å². The first-order valence-electron chi connectivity index (χ1n) is 22.6. The molecule has 0 aliphatic carbocycles. The van der Waals surface area contributed by atoms with Gasteiger partial charge in [-0.3, -0.25) is 4.40 Å². The SMILES string of the molecule is COC(=O)[C@@H](OC(C)(C)C)c1c(C)c(C)c2nc(-c3cccc(-c4c(F)cc(C)cc4OCc4ccccc4)c3)cn2c1N1CCC(C)(OCCOC[C@@H](C)OCc2ccccc2)CC1. The van der Waals surface area contributed by atoms with Crippen molar-refractivity contribution >= 4 is 17.4 Å². The van der Waals surface area contributed by atoms with Gasteiger partial charge in [-0.25, -0.2) is 14.2 Å². The molecule has 6 aromatic rings. The molecule has 1 fully saturated rings. The Kier molecular flexibility index (Phi) is 15.1. The summed E-state index contributed by atoms with van der Waals surface area (Å²) in [6.07, 6.45) is 2.43. The minimum atomic E-state index is -1.01. The number of carbonyl (C=O) groups is 1. The Bertz CT molecular complexity index is 2550. The highest BCUT2D eigenvalue weighted by Gasteiger charge is 2.38. The van der Waals surface area contributed by atoms with Crippen LogP contribution >= 0.6 is 0 Å². The Morgan fingerprint density at radius 3 is 2.17 bits per heavy atom. The number of methoxy groups -OCH3 is 1. The Labute approximate surface area is 383 Å². The Hall–Kier alpha value is -5.59. The fourth-order valence-electron chi connectivity index (χ4n) is 8.40. The van der Waals surface area contributed by atoms with Gasteiger partial charge in [0.1, 0.15) is 29.6 Å². The van der Waals surface area contributed by atoms with Crippen LogP contribution in [0.5, 0.6) is 5.75 Å². The van der Waals surface area contributed by atoms with E-state index < -0.39 is 17.7 Å². The quantitative estimate of drug-likeness (QED) is 0.0618. The van der Waals surface area contributed by atoms with E-state index in [0.717, 1.165) is 63.3 Å². The lowest BCUT2D eigenvalue weighted by molar-refractivity contribution is -0.164. The predicted molar refractivity (Wildman–Crippen MR) is 254 cm³/mol. The van der Waals surface area contributed by atoms with Crippen molar-refractivity contribution in [3.63, 3.8) is 0 Å². The van der Waals surface area contributed by atoms with Gasteiger partial charge in [-0.05, 0) is 120 Å². The van der Waals surface area contributed by atoms with Crippen LogP contribution in [0.25, 0.3) is 28.0 Å². The molecular weight excluding hydrogens is 822 g/mol. The third kappa shape index (κ3) is 11.6. The minimum absolute atomic E-state index is 0.0458. The lowest BCUT2D eigenvalue weighted by atomic mass is 9.92. The smallest absolute Gasteiger partial charge is 0.339 e. The molecule has 0 saturated carbocycles. The summed E-state index contributed by atoms with van der Waals surface area (Å²) in [7, 11) is 1.39. The standard InChI is InChI=1S/C54H64FN3O7/c1-36-29-44(55)48(46(30-36)63-35-41-19-14-11-15-20-41)43-22-16-21-42(31-43)45-32-58-50(56-45)39(4)38(3)47(49(52(59)60-9)65-53(5,6)7)51(58)57-25-23-54(8,24-26-57)64-28-27-61-33-37(2)62-34-40-17-12-10-13-18-40/h10-22,29-32,37,49H,23-28,33-35H2,1-9H3/t37-,49+/m1/s1. The average Bonchev–Trinajstić information content (AvgIpc) is 3.74. The second-order valence-electron chi connectivity index (χ2n) is 18.4. The number of imidazole rings is 1. The molecule has 11 heteroatoms. The largest absolute Gasteiger partial charge is 0.488 e. The summed E-state index contributed by atoms with van der Waals surface area (Å²) in [5, 5.41) is 0. The van der Waals surface area contributed by atoms with Gasteiger partial charge in [0.25, 0.3) is 0 Å². The van der Waals surface area contributed by atoms with E-state index in [0.29, 0.717) is 68.7 Å². The normalized spacial score (nSPS) is 15.0. The first-order valence-corrected chi connectivity index (χ1v) is 22.6. The second-order valence-corrected chi connectivity index (χ2v) is 18.4. The Morgan fingerprint density at radius 2 is 1.51 bits per heavy atom. The third-order valence-electron chi connectivity index (χ3n) is 12.0. The average molecular weight is 886 g/mol. The molecule has 0 radical (unpaired) electrons. The van der Waals surface area contributed by atoms with Crippen molar-refractivity contribution < 1.29 is 37.6 Å². The molecule has 10 nitrogen and oxygen atoms in total. The van der Waals surface area contributed by atoms with Gasteiger partial charge in [0.2, 0.25) is 0 Å². The molecule has 1 aliphatic heterocycles. The van der Waals surface area contributed by atoms with Gasteiger partial charge >= 0.3 is 5.97 Å². The van der Waals surface area contributed by atoms with E-state index >= 15 is 4.39 Å². The van der Waals surface area contributed by atoms with E-state index in [1.807, 2.05) is 134 Å². The molecule has 1 saturated heterocycles. The summed E-state index contributed by atoms with van der Waals surface area (Å²) in [4.78, 5) is 21.3. The van der Waals surface area contributed by atoms with E-state index in [1.165, 1.54) is 13.2 Å². The van der Waals surface area contributed by atoms with Crippen LogP contribution in [0.15, 0.2) is 103 Å². The molecule has 0 N–H and O–H groups in total. The summed E-state index contributed by atoms with van der Waals surface area (Å²) >= 11 is 0. The van der Waals surface area contributed by atoms with Crippen LogP contribution in [0.1, 0.15) is 86.9 Å². The third-order valence-corrected chi connectivity index (χ3v) is 12.0. The highest BCUT2D eigenvalue weighted by atomic mass is 19.1. The van der Waals surface area contributed by atoms with Gasteiger partial charge in [0.15, 0.2) is 6.10 Å². The number of pyridine rings is 1. The maximum atomic E-state index is 16.0. The van der Waals surface area contributed by atoms with Crippen molar-refractivity contribution in [1.82, 2.24) is 9.38 Å². The van der Waals surface area contributed by atoms with E-state index in [2.05, 4.69) is 28.4 Å².